The average Bonchev–Trinajstić information content (AvgIpc) is 3.40. The van der Waals surface area contributed by atoms with Crippen molar-refractivity contribution in [1.29, 1.82) is 0 Å². The highest BCUT2D eigenvalue weighted by atomic mass is 16.1. The number of nitrogens with zero attached hydrogens (tertiary/aromatic N) is 5. The van der Waals surface area contributed by atoms with Crippen LogP contribution in [-0.2, 0) is 0 Å². The van der Waals surface area contributed by atoms with Gasteiger partial charge in [0, 0.05) is 41.0 Å². The minimum atomic E-state index is 0.618. The third kappa shape index (κ3) is 2.82. The fourth-order valence-electron chi connectivity index (χ4n) is 3.61. The van der Waals surface area contributed by atoms with Crippen molar-refractivity contribution in [2.45, 2.75) is 6.92 Å². The Hall–Kier alpha value is -4.06. The Bertz CT molecular complexity index is 1350. The van der Waals surface area contributed by atoms with Crippen molar-refractivity contribution >= 4 is 11.9 Å². The maximum absolute atomic E-state index is 11.5. The van der Waals surface area contributed by atoms with Crippen LogP contribution in [0.5, 0.6) is 0 Å². The zero-order valence-corrected chi connectivity index (χ0v) is 15.7. The van der Waals surface area contributed by atoms with E-state index in [-0.39, 0.29) is 0 Å². The second-order valence-electron chi connectivity index (χ2n) is 6.72. The standard InChI is InChI=1S/C23H17N5O/c1-16-24-11-12-27(16)19-7-4-6-17(13-19)22-9-10-25-23-21(14-26-28(22)23)20-8-3-2-5-18(20)15-29/h2-15H,1H3. The Morgan fingerprint density at radius 2 is 1.83 bits per heavy atom. The molecule has 0 aliphatic rings. The highest BCUT2D eigenvalue weighted by molar-refractivity contribution is 5.91. The monoisotopic (exact) mass is 379 g/mol. The summed E-state index contributed by atoms with van der Waals surface area (Å²) in [5, 5.41) is 4.58. The molecule has 29 heavy (non-hydrogen) atoms. The number of aryl methyl sites for hydroxylation is 1. The van der Waals surface area contributed by atoms with E-state index in [1.54, 1.807) is 24.7 Å². The summed E-state index contributed by atoms with van der Waals surface area (Å²) in [5.74, 6) is 0.925. The van der Waals surface area contributed by atoms with Crippen molar-refractivity contribution in [1.82, 2.24) is 24.1 Å². The second kappa shape index (κ2) is 6.83. The summed E-state index contributed by atoms with van der Waals surface area (Å²) >= 11 is 0. The molecule has 0 amide bonds. The van der Waals surface area contributed by atoms with E-state index >= 15 is 0 Å². The van der Waals surface area contributed by atoms with Crippen LogP contribution in [-0.4, -0.2) is 30.4 Å². The number of fused-ring (bicyclic) bond motifs is 1. The van der Waals surface area contributed by atoms with Gasteiger partial charge in [-0.25, -0.2) is 14.5 Å². The highest BCUT2D eigenvalue weighted by Gasteiger charge is 2.14. The van der Waals surface area contributed by atoms with Crippen LogP contribution in [0, 0.1) is 6.92 Å². The summed E-state index contributed by atoms with van der Waals surface area (Å²) in [6, 6.07) is 17.6. The smallest absolute Gasteiger partial charge is 0.163 e. The van der Waals surface area contributed by atoms with Gasteiger partial charge in [-0.3, -0.25) is 4.79 Å². The lowest BCUT2D eigenvalue weighted by atomic mass is 10.0. The van der Waals surface area contributed by atoms with Crippen molar-refractivity contribution in [3.8, 4) is 28.1 Å². The van der Waals surface area contributed by atoms with E-state index < -0.39 is 0 Å². The third-order valence-corrected chi connectivity index (χ3v) is 5.03. The van der Waals surface area contributed by atoms with Crippen LogP contribution in [0.4, 0.5) is 0 Å². The minimum Gasteiger partial charge on any atom is -0.304 e. The molecule has 0 saturated carbocycles. The molecule has 5 rings (SSSR count). The molecule has 0 spiro atoms. The molecule has 0 N–H and O–H groups in total. The fourth-order valence-corrected chi connectivity index (χ4v) is 3.61. The Balaban J connectivity index is 1.68. The summed E-state index contributed by atoms with van der Waals surface area (Å²) in [6.45, 7) is 1.97. The number of benzene rings is 2. The maximum atomic E-state index is 11.5. The number of rotatable bonds is 4. The fraction of sp³-hybridized carbons (Fsp3) is 0.0435. The first kappa shape index (κ1) is 17.1. The van der Waals surface area contributed by atoms with Gasteiger partial charge in [-0.15, -0.1) is 0 Å². The highest BCUT2D eigenvalue weighted by Crippen LogP contribution is 2.29. The molecule has 0 bridgehead atoms. The summed E-state index contributed by atoms with van der Waals surface area (Å²) in [7, 11) is 0. The molecule has 0 unspecified atom stereocenters. The van der Waals surface area contributed by atoms with Crippen molar-refractivity contribution in [3.63, 3.8) is 0 Å². The molecule has 2 aromatic carbocycles. The number of hydrogen-bond donors (Lipinski definition) is 0. The molecule has 0 atom stereocenters. The Morgan fingerprint density at radius 3 is 2.66 bits per heavy atom. The SMILES string of the molecule is Cc1nccn1-c1cccc(-c2ccnc3c(-c4ccccc4C=O)cnn23)c1. The van der Waals surface area contributed by atoms with Gasteiger partial charge in [0.15, 0.2) is 11.9 Å². The van der Waals surface area contributed by atoms with Crippen molar-refractivity contribution in [2.75, 3.05) is 0 Å². The van der Waals surface area contributed by atoms with Crippen LogP contribution in [0.15, 0.2) is 79.4 Å². The van der Waals surface area contributed by atoms with Gasteiger partial charge >= 0.3 is 0 Å². The maximum Gasteiger partial charge on any atom is 0.163 e. The second-order valence-corrected chi connectivity index (χ2v) is 6.72. The molecule has 3 aromatic heterocycles. The largest absolute Gasteiger partial charge is 0.304 e. The quantitative estimate of drug-likeness (QED) is 0.435. The molecule has 0 aliphatic heterocycles. The lowest BCUT2D eigenvalue weighted by Crippen LogP contribution is -1.99. The van der Waals surface area contributed by atoms with Gasteiger partial charge in [0.1, 0.15) is 5.82 Å². The Kier molecular flexibility index (Phi) is 4.02. The number of aldehydes is 1. The normalized spacial score (nSPS) is 11.1. The molecule has 0 aliphatic carbocycles. The molecular formula is C23H17N5O. The predicted octanol–water partition coefficient (Wildman–Crippen LogP) is 4.37. The number of imidazole rings is 1. The van der Waals surface area contributed by atoms with Crippen LogP contribution in [0.25, 0.3) is 33.7 Å². The summed E-state index contributed by atoms with van der Waals surface area (Å²) in [5.41, 5.74) is 5.95. The first-order chi connectivity index (χ1) is 14.3. The minimum absolute atomic E-state index is 0.618. The van der Waals surface area contributed by atoms with Gasteiger partial charge in [-0.2, -0.15) is 5.10 Å². The van der Waals surface area contributed by atoms with Gasteiger partial charge in [0.05, 0.1) is 11.9 Å². The van der Waals surface area contributed by atoms with E-state index in [9.17, 15) is 4.79 Å². The van der Waals surface area contributed by atoms with E-state index in [2.05, 4.69) is 21.1 Å². The van der Waals surface area contributed by atoms with Gasteiger partial charge in [0.25, 0.3) is 0 Å². The van der Waals surface area contributed by atoms with E-state index in [1.165, 1.54) is 0 Å². The lowest BCUT2D eigenvalue weighted by Gasteiger charge is -2.09. The number of carbonyl (C=O) groups excluding carboxylic acids is 1. The topological polar surface area (TPSA) is 65.1 Å². The molecular weight excluding hydrogens is 362 g/mol. The van der Waals surface area contributed by atoms with Crippen molar-refractivity contribution in [3.05, 3.63) is 90.8 Å². The third-order valence-electron chi connectivity index (χ3n) is 5.03. The van der Waals surface area contributed by atoms with Crippen LogP contribution in [0.1, 0.15) is 16.2 Å². The summed E-state index contributed by atoms with van der Waals surface area (Å²) < 4.78 is 3.85. The molecule has 0 saturated heterocycles. The lowest BCUT2D eigenvalue weighted by molar-refractivity contribution is 0.112. The average molecular weight is 379 g/mol. The summed E-state index contributed by atoms with van der Waals surface area (Å²) in [4.78, 5) is 20.3. The predicted molar refractivity (Wildman–Crippen MR) is 111 cm³/mol. The first-order valence-electron chi connectivity index (χ1n) is 9.24. The van der Waals surface area contributed by atoms with E-state index in [1.807, 2.05) is 64.7 Å². The van der Waals surface area contributed by atoms with E-state index in [4.69, 9.17) is 0 Å². The van der Waals surface area contributed by atoms with E-state index in [0.29, 0.717) is 11.2 Å². The zero-order chi connectivity index (χ0) is 19.8. The van der Waals surface area contributed by atoms with Crippen LogP contribution in [0.2, 0.25) is 0 Å². The molecule has 6 nitrogen and oxygen atoms in total. The van der Waals surface area contributed by atoms with Crippen molar-refractivity contribution < 1.29 is 4.79 Å². The molecule has 0 radical (unpaired) electrons. The molecule has 140 valence electrons. The van der Waals surface area contributed by atoms with E-state index in [0.717, 1.165) is 40.2 Å². The van der Waals surface area contributed by atoms with Crippen LogP contribution >= 0.6 is 0 Å². The molecule has 0 fully saturated rings. The van der Waals surface area contributed by atoms with Gasteiger partial charge in [-0.1, -0.05) is 36.4 Å². The zero-order valence-electron chi connectivity index (χ0n) is 15.7. The van der Waals surface area contributed by atoms with Crippen LogP contribution in [0.3, 0.4) is 0 Å². The molecule has 6 heteroatoms. The number of aromatic nitrogens is 5. The Labute approximate surface area is 167 Å². The first-order valence-corrected chi connectivity index (χ1v) is 9.24. The van der Waals surface area contributed by atoms with Gasteiger partial charge in [0.2, 0.25) is 0 Å². The van der Waals surface area contributed by atoms with Crippen LogP contribution < -0.4 is 0 Å². The number of carbonyl (C=O) groups is 1. The molecule has 3 heterocycles. The van der Waals surface area contributed by atoms with Crippen molar-refractivity contribution in [2.24, 2.45) is 0 Å². The molecule has 5 aromatic rings. The number of hydrogen-bond acceptors (Lipinski definition) is 4. The summed E-state index contributed by atoms with van der Waals surface area (Å²) in [6.07, 6.45) is 8.13. The van der Waals surface area contributed by atoms with Gasteiger partial charge in [-0.05, 0) is 30.7 Å². The van der Waals surface area contributed by atoms with Gasteiger partial charge < -0.3 is 4.57 Å². The Morgan fingerprint density at radius 1 is 0.931 bits per heavy atom.